The molecule has 2 N–H and O–H groups in total. The van der Waals surface area contributed by atoms with Crippen LogP contribution in [0.5, 0.6) is 0 Å². The molecule has 0 fully saturated rings. The molecule has 136 valence electrons. The van der Waals surface area contributed by atoms with Crippen LogP contribution < -0.4 is 0 Å². The van der Waals surface area contributed by atoms with Gasteiger partial charge in [-0.05, 0) is 29.8 Å². The molecule has 0 aliphatic carbocycles. The number of rotatable bonds is 5. The van der Waals surface area contributed by atoms with Crippen LogP contribution in [0.1, 0.15) is 16.6 Å². The fourth-order valence-corrected chi connectivity index (χ4v) is 4.09. The highest BCUT2D eigenvalue weighted by Gasteiger charge is 2.24. The van der Waals surface area contributed by atoms with Crippen LogP contribution in [0, 0.1) is 11.3 Å². The van der Waals surface area contributed by atoms with E-state index >= 15 is 0 Å². The first-order chi connectivity index (χ1) is 13.8. The smallest absolute Gasteiger partial charge is 0.152 e. The van der Waals surface area contributed by atoms with Gasteiger partial charge in [-0.25, -0.2) is 4.98 Å². The van der Waals surface area contributed by atoms with Gasteiger partial charge in [0.05, 0.1) is 16.3 Å². The lowest BCUT2D eigenvalue weighted by Crippen LogP contribution is -2.02. The summed E-state index contributed by atoms with van der Waals surface area (Å²) < 4.78 is 0. The minimum absolute atomic E-state index is 0.0124. The van der Waals surface area contributed by atoms with Crippen LogP contribution in [0.15, 0.2) is 95.6 Å². The van der Waals surface area contributed by atoms with Crippen LogP contribution >= 0.6 is 11.8 Å². The van der Waals surface area contributed by atoms with Crippen molar-refractivity contribution in [3.05, 3.63) is 102 Å². The molecule has 4 rings (SSSR count). The van der Waals surface area contributed by atoms with Crippen molar-refractivity contribution in [1.29, 1.82) is 5.26 Å². The second-order valence-corrected chi connectivity index (χ2v) is 7.37. The number of aromatic nitrogens is 2. The van der Waals surface area contributed by atoms with Crippen LogP contribution in [0.3, 0.4) is 0 Å². The number of aliphatic hydroxyl groups is 1. The zero-order valence-corrected chi connectivity index (χ0v) is 15.7. The molecule has 1 unspecified atom stereocenters. The Bertz CT molecular complexity index is 1130. The Kier molecular flexibility index (Phi) is 5.14. The molecule has 5 heteroatoms. The van der Waals surface area contributed by atoms with Gasteiger partial charge in [-0.15, -0.1) is 11.8 Å². The van der Waals surface area contributed by atoms with Gasteiger partial charge >= 0.3 is 0 Å². The molecule has 0 bridgehead atoms. The van der Waals surface area contributed by atoms with Crippen molar-refractivity contribution in [2.45, 2.75) is 10.1 Å². The summed E-state index contributed by atoms with van der Waals surface area (Å²) in [5.41, 5.74) is 2.64. The Balaban J connectivity index is 1.81. The Morgan fingerprint density at radius 3 is 2.25 bits per heavy atom. The van der Waals surface area contributed by atoms with E-state index < -0.39 is 5.25 Å². The number of benzene rings is 3. The SMILES string of the molecule is N#C/C(=C(/O)C(Sc1ccccc1)c1ccccc1)c1nc2ccccc2[nH]1. The average molecular weight is 383 g/mol. The van der Waals surface area contributed by atoms with E-state index in [-0.39, 0.29) is 11.3 Å². The Morgan fingerprint density at radius 1 is 0.929 bits per heavy atom. The number of hydrogen-bond acceptors (Lipinski definition) is 4. The fourth-order valence-electron chi connectivity index (χ4n) is 2.98. The molecule has 4 aromatic rings. The summed E-state index contributed by atoms with van der Waals surface area (Å²) in [5.74, 6) is 0.359. The van der Waals surface area contributed by atoms with Gasteiger partial charge in [-0.3, -0.25) is 0 Å². The highest BCUT2D eigenvalue weighted by molar-refractivity contribution is 7.99. The predicted molar refractivity (Wildman–Crippen MR) is 113 cm³/mol. The maximum atomic E-state index is 11.1. The zero-order valence-electron chi connectivity index (χ0n) is 14.9. The molecule has 0 amide bonds. The normalized spacial score (nSPS) is 13.0. The first-order valence-electron chi connectivity index (χ1n) is 8.81. The number of nitrogens with zero attached hydrogens (tertiary/aromatic N) is 2. The number of aliphatic hydroxyl groups excluding tert-OH is 1. The average Bonchev–Trinajstić information content (AvgIpc) is 3.17. The summed E-state index contributed by atoms with van der Waals surface area (Å²) in [7, 11) is 0. The molecular weight excluding hydrogens is 366 g/mol. The van der Waals surface area contributed by atoms with Crippen molar-refractivity contribution in [1.82, 2.24) is 9.97 Å². The summed E-state index contributed by atoms with van der Waals surface area (Å²) in [6.07, 6.45) is 0. The lowest BCUT2D eigenvalue weighted by molar-refractivity contribution is 0.399. The fraction of sp³-hybridized carbons (Fsp3) is 0.0435. The summed E-state index contributed by atoms with van der Waals surface area (Å²) >= 11 is 1.49. The van der Waals surface area contributed by atoms with E-state index in [1.54, 1.807) is 0 Å². The maximum Gasteiger partial charge on any atom is 0.152 e. The predicted octanol–water partition coefficient (Wildman–Crippen LogP) is 5.89. The molecule has 1 heterocycles. The van der Waals surface area contributed by atoms with Gasteiger partial charge in [0, 0.05) is 4.90 Å². The summed E-state index contributed by atoms with van der Waals surface area (Å²) in [4.78, 5) is 8.62. The molecule has 0 spiro atoms. The third kappa shape index (κ3) is 3.64. The second kappa shape index (κ2) is 8.03. The summed E-state index contributed by atoms with van der Waals surface area (Å²) in [6.45, 7) is 0. The quantitative estimate of drug-likeness (QED) is 0.256. The van der Waals surface area contributed by atoms with Crippen molar-refractivity contribution in [3.8, 4) is 6.07 Å². The lowest BCUT2D eigenvalue weighted by Gasteiger charge is -2.17. The number of fused-ring (bicyclic) bond motifs is 1. The van der Waals surface area contributed by atoms with Crippen molar-refractivity contribution < 1.29 is 5.11 Å². The van der Waals surface area contributed by atoms with Crippen molar-refractivity contribution in [3.63, 3.8) is 0 Å². The third-order valence-electron chi connectivity index (χ3n) is 4.34. The zero-order chi connectivity index (χ0) is 19.3. The first kappa shape index (κ1) is 17.9. The lowest BCUT2D eigenvalue weighted by atomic mass is 10.1. The molecule has 0 saturated carbocycles. The highest BCUT2D eigenvalue weighted by Crippen LogP contribution is 2.41. The molecule has 4 nitrogen and oxygen atoms in total. The van der Waals surface area contributed by atoms with Gasteiger partial charge < -0.3 is 10.1 Å². The number of para-hydroxylation sites is 2. The molecule has 1 atom stereocenters. The Labute approximate surface area is 167 Å². The topological polar surface area (TPSA) is 72.7 Å². The van der Waals surface area contributed by atoms with E-state index in [1.807, 2.05) is 84.9 Å². The Hall–Kier alpha value is -3.49. The summed E-state index contributed by atoms with van der Waals surface area (Å²) in [6, 6.07) is 29.2. The third-order valence-corrected chi connectivity index (χ3v) is 5.62. The second-order valence-electron chi connectivity index (χ2n) is 6.20. The number of aromatic amines is 1. The number of nitriles is 1. The van der Waals surface area contributed by atoms with Gasteiger partial charge in [0.15, 0.2) is 5.82 Å². The monoisotopic (exact) mass is 383 g/mol. The van der Waals surface area contributed by atoms with Gasteiger partial charge in [0.2, 0.25) is 0 Å². The van der Waals surface area contributed by atoms with E-state index in [1.165, 1.54) is 11.8 Å². The largest absolute Gasteiger partial charge is 0.509 e. The standard InChI is InChI=1S/C23H17N3OS/c24-15-18(23-25-19-13-7-8-14-20(19)26-23)21(27)22(16-9-3-1-4-10-16)28-17-11-5-2-6-12-17/h1-14,22,27H,(H,25,26)/b21-18-. The Morgan fingerprint density at radius 2 is 1.57 bits per heavy atom. The maximum absolute atomic E-state index is 11.1. The van der Waals surface area contributed by atoms with E-state index in [0.29, 0.717) is 5.82 Å². The van der Waals surface area contributed by atoms with Crippen molar-refractivity contribution in [2.75, 3.05) is 0 Å². The van der Waals surface area contributed by atoms with E-state index in [4.69, 9.17) is 0 Å². The number of H-pyrrole nitrogens is 1. The van der Waals surface area contributed by atoms with Crippen LogP contribution in [-0.4, -0.2) is 15.1 Å². The van der Waals surface area contributed by atoms with Crippen LogP contribution in [0.25, 0.3) is 16.6 Å². The van der Waals surface area contributed by atoms with E-state index in [0.717, 1.165) is 21.5 Å². The van der Waals surface area contributed by atoms with Crippen LogP contribution in [-0.2, 0) is 0 Å². The minimum atomic E-state index is -0.425. The molecular formula is C23H17N3OS. The van der Waals surface area contributed by atoms with Gasteiger partial charge in [-0.1, -0.05) is 60.7 Å². The van der Waals surface area contributed by atoms with Gasteiger partial charge in [-0.2, -0.15) is 5.26 Å². The van der Waals surface area contributed by atoms with Crippen LogP contribution in [0.2, 0.25) is 0 Å². The molecule has 0 aliphatic heterocycles. The highest BCUT2D eigenvalue weighted by atomic mass is 32.2. The molecule has 0 aliphatic rings. The number of allylic oxidation sites excluding steroid dienone is 1. The molecule has 0 radical (unpaired) electrons. The van der Waals surface area contributed by atoms with E-state index in [2.05, 4.69) is 16.0 Å². The first-order valence-corrected chi connectivity index (χ1v) is 9.69. The van der Waals surface area contributed by atoms with Gasteiger partial charge in [0.25, 0.3) is 0 Å². The van der Waals surface area contributed by atoms with E-state index in [9.17, 15) is 10.4 Å². The summed E-state index contributed by atoms with van der Waals surface area (Å²) in [5, 5.41) is 20.5. The van der Waals surface area contributed by atoms with Crippen molar-refractivity contribution in [2.24, 2.45) is 0 Å². The number of nitrogens with one attached hydrogen (secondary N) is 1. The molecule has 3 aromatic carbocycles. The van der Waals surface area contributed by atoms with Gasteiger partial charge in [0.1, 0.15) is 17.4 Å². The number of imidazole rings is 1. The number of thioether (sulfide) groups is 1. The molecule has 28 heavy (non-hydrogen) atoms. The van der Waals surface area contributed by atoms with Crippen molar-refractivity contribution >= 4 is 28.4 Å². The molecule has 1 aromatic heterocycles. The molecule has 0 saturated heterocycles. The van der Waals surface area contributed by atoms with Crippen LogP contribution in [0.4, 0.5) is 0 Å². The number of hydrogen-bond donors (Lipinski definition) is 2. The minimum Gasteiger partial charge on any atom is -0.509 e.